The largest absolute Gasteiger partial charge is 0.395 e. The molecular formula is C13H16ClNO2. The van der Waals surface area contributed by atoms with Crippen molar-refractivity contribution in [3.8, 4) is 0 Å². The van der Waals surface area contributed by atoms with Crippen LogP contribution in [0.5, 0.6) is 0 Å². The molecule has 0 radical (unpaired) electrons. The fourth-order valence-corrected chi connectivity index (χ4v) is 1.62. The Morgan fingerprint density at radius 3 is 2.76 bits per heavy atom. The van der Waals surface area contributed by atoms with E-state index >= 15 is 0 Å². The van der Waals surface area contributed by atoms with Gasteiger partial charge in [-0.25, -0.2) is 0 Å². The predicted octanol–water partition coefficient (Wildman–Crippen LogP) is 2.19. The lowest BCUT2D eigenvalue weighted by Crippen LogP contribution is -2.31. The van der Waals surface area contributed by atoms with Crippen LogP contribution in [0, 0.1) is 0 Å². The Kier molecular flexibility index (Phi) is 5.73. The van der Waals surface area contributed by atoms with Crippen LogP contribution in [-0.2, 0) is 4.79 Å². The molecule has 1 N–H and O–H groups in total. The van der Waals surface area contributed by atoms with Gasteiger partial charge in [-0.2, -0.15) is 0 Å². The van der Waals surface area contributed by atoms with Gasteiger partial charge in [-0.3, -0.25) is 4.79 Å². The molecule has 0 aliphatic rings. The number of benzene rings is 1. The minimum absolute atomic E-state index is 0.0283. The summed E-state index contributed by atoms with van der Waals surface area (Å²) in [6.07, 6.45) is 3.16. The number of carbonyl (C=O) groups excluding carboxylic acids is 1. The van der Waals surface area contributed by atoms with Crippen LogP contribution in [0.3, 0.4) is 0 Å². The van der Waals surface area contributed by atoms with Gasteiger partial charge in [0.25, 0.3) is 0 Å². The molecule has 0 heterocycles. The molecule has 0 atom stereocenters. The molecule has 1 rings (SSSR count). The van der Waals surface area contributed by atoms with E-state index in [1.165, 1.54) is 6.08 Å². The van der Waals surface area contributed by atoms with Crippen molar-refractivity contribution in [2.75, 3.05) is 19.7 Å². The van der Waals surface area contributed by atoms with Gasteiger partial charge in [0.1, 0.15) is 0 Å². The van der Waals surface area contributed by atoms with Crippen LogP contribution in [0.4, 0.5) is 0 Å². The lowest BCUT2D eigenvalue weighted by molar-refractivity contribution is -0.126. The van der Waals surface area contributed by atoms with Gasteiger partial charge in [0.05, 0.1) is 6.61 Å². The minimum atomic E-state index is -0.124. The summed E-state index contributed by atoms with van der Waals surface area (Å²) in [5.74, 6) is -0.124. The molecule has 1 amide bonds. The summed E-state index contributed by atoms with van der Waals surface area (Å²) in [5, 5.41) is 9.42. The number of rotatable bonds is 5. The number of aliphatic hydroxyl groups excluding tert-OH is 1. The van der Waals surface area contributed by atoms with Crippen molar-refractivity contribution in [2.24, 2.45) is 0 Å². The molecule has 0 aliphatic heterocycles. The molecule has 17 heavy (non-hydrogen) atoms. The molecule has 0 aliphatic carbocycles. The first-order chi connectivity index (χ1) is 8.19. The van der Waals surface area contributed by atoms with Crippen LogP contribution in [-0.4, -0.2) is 35.6 Å². The van der Waals surface area contributed by atoms with Crippen molar-refractivity contribution in [2.45, 2.75) is 6.92 Å². The summed E-state index contributed by atoms with van der Waals surface area (Å²) >= 11 is 5.97. The standard InChI is InChI=1S/C13H16ClNO2/c1-2-15(9-10-16)13(17)8-7-11-5-3-4-6-12(11)14/h3-8,16H,2,9-10H2,1H3/b8-7+. The smallest absolute Gasteiger partial charge is 0.246 e. The normalized spacial score (nSPS) is 10.8. The Bertz CT molecular complexity index is 404. The summed E-state index contributed by atoms with van der Waals surface area (Å²) in [6.45, 7) is 2.77. The molecule has 1 aromatic rings. The van der Waals surface area contributed by atoms with Crippen molar-refractivity contribution < 1.29 is 9.90 Å². The van der Waals surface area contributed by atoms with Gasteiger partial charge in [-0.05, 0) is 24.6 Å². The van der Waals surface area contributed by atoms with Gasteiger partial charge in [-0.15, -0.1) is 0 Å². The van der Waals surface area contributed by atoms with Crippen LogP contribution >= 0.6 is 11.6 Å². The van der Waals surface area contributed by atoms with E-state index in [0.29, 0.717) is 18.1 Å². The fraction of sp³-hybridized carbons (Fsp3) is 0.308. The molecule has 4 heteroatoms. The molecule has 92 valence electrons. The number of halogens is 1. The number of hydrogen-bond donors (Lipinski definition) is 1. The van der Waals surface area contributed by atoms with Crippen molar-refractivity contribution in [3.63, 3.8) is 0 Å². The first-order valence-corrected chi connectivity index (χ1v) is 5.89. The number of amides is 1. The maximum atomic E-state index is 11.7. The Morgan fingerprint density at radius 2 is 2.18 bits per heavy atom. The zero-order valence-corrected chi connectivity index (χ0v) is 10.5. The van der Waals surface area contributed by atoms with E-state index in [4.69, 9.17) is 16.7 Å². The Hall–Kier alpha value is -1.32. The van der Waals surface area contributed by atoms with E-state index in [-0.39, 0.29) is 12.5 Å². The van der Waals surface area contributed by atoms with Crippen LogP contribution in [0.1, 0.15) is 12.5 Å². The number of nitrogens with zero attached hydrogens (tertiary/aromatic N) is 1. The Balaban J connectivity index is 2.71. The SMILES string of the molecule is CCN(CCO)C(=O)/C=C/c1ccccc1Cl. The Labute approximate surface area is 106 Å². The summed E-state index contributed by atoms with van der Waals surface area (Å²) in [6, 6.07) is 7.32. The molecule has 0 unspecified atom stereocenters. The second-order valence-corrected chi connectivity index (χ2v) is 3.90. The number of aliphatic hydroxyl groups is 1. The minimum Gasteiger partial charge on any atom is -0.395 e. The third kappa shape index (κ3) is 4.21. The molecule has 0 spiro atoms. The van der Waals surface area contributed by atoms with Crippen molar-refractivity contribution >= 4 is 23.6 Å². The van der Waals surface area contributed by atoms with E-state index in [1.807, 2.05) is 25.1 Å². The molecule has 0 fully saturated rings. The summed E-state index contributed by atoms with van der Waals surface area (Å²) in [4.78, 5) is 13.3. The molecule has 3 nitrogen and oxygen atoms in total. The number of carbonyl (C=O) groups is 1. The van der Waals surface area contributed by atoms with Gasteiger partial charge in [0.2, 0.25) is 5.91 Å². The molecular weight excluding hydrogens is 238 g/mol. The highest BCUT2D eigenvalue weighted by molar-refractivity contribution is 6.32. The third-order valence-corrected chi connectivity index (χ3v) is 2.72. The summed E-state index contributed by atoms with van der Waals surface area (Å²) < 4.78 is 0. The maximum Gasteiger partial charge on any atom is 0.246 e. The monoisotopic (exact) mass is 253 g/mol. The zero-order chi connectivity index (χ0) is 12.7. The van der Waals surface area contributed by atoms with Crippen LogP contribution in [0.15, 0.2) is 30.3 Å². The molecule has 0 aromatic heterocycles. The Morgan fingerprint density at radius 1 is 1.47 bits per heavy atom. The summed E-state index contributed by atoms with van der Waals surface area (Å²) in [7, 11) is 0. The van der Waals surface area contributed by atoms with Crippen LogP contribution in [0.2, 0.25) is 5.02 Å². The van der Waals surface area contributed by atoms with Gasteiger partial charge in [0, 0.05) is 24.2 Å². The first-order valence-electron chi connectivity index (χ1n) is 5.51. The van der Waals surface area contributed by atoms with Gasteiger partial charge >= 0.3 is 0 Å². The van der Waals surface area contributed by atoms with Crippen molar-refractivity contribution in [1.82, 2.24) is 4.90 Å². The second kappa shape index (κ2) is 7.09. The lowest BCUT2D eigenvalue weighted by atomic mass is 10.2. The lowest BCUT2D eigenvalue weighted by Gasteiger charge is -2.17. The zero-order valence-electron chi connectivity index (χ0n) is 9.77. The van der Waals surface area contributed by atoms with Gasteiger partial charge < -0.3 is 10.0 Å². The number of likely N-dealkylation sites (N-methyl/N-ethyl adjacent to an activating group) is 1. The van der Waals surface area contributed by atoms with Crippen molar-refractivity contribution in [3.05, 3.63) is 40.9 Å². The highest BCUT2D eigenvalue weighted by Gasteiger charge is 2.06. The topological polar surface area (TPSA) is 40.5 Å². The molecule has 0 saturated heterocycles. The van der Waals surface area contributed by atoms with E-state index < -0.39 is 0 Å². The average Bonchev–Trinajstić information content (AvgIpc) is 2.34. The maximum absolute atomic E-state index is 11.7. The van der Waals surface area contributed by atoms with Crippen molar-refractivity contribution in [1.29, 1.82) is 0 Å². The quantitative estimate of drug-likeness (QED) is 0.818. The third-order valence-electron chi connectivity index (χ3n) is 2.37. The highest BCUT2D eigenvalue weighted by atomic mass is 35.5. The van der Waals surface area contributed by atoms with Crippen LogP contribution < -0.4 is 0 Å². The van der Waals surface area contributed by atoms with Gasteiger partial charge in [-0.1, -0.05) is 29.8 Å². The van der Waals surface area contributed by atoms with E-state index in [9.17, 15) is 4.79 Å². The molecule has 0 saturated carbocycles. The molecule has 1 aromatic carbocycles. The number of hydrogen-bond acceptors (Lipinski definition) is 2. The predicted molar refractivity (Wildman–Crippen MR) is 69.8 cm³/mol. The second-order valence-electron chi connectivity index (χ2n) is 3.50. The first kappa shape index (κ1) is 13.7. The van der Waals surface area contributed by atoms with E-state index in [2.05, 4.69) is 0 Å². The van der Waals surface area contributed by atoms with Crippen LogP contribution in [0.25, 0.3) is 6.08 Å². The average molecular weight is 254 g/mol. The molecule has 0 bridgehead atoms. The van der Waals surface area contributed by atoms with E-state index in [1.54, 1.807) is 17.0 Å². The summed E-state index contributed by atoms with van der Waals surface area (Å²) in [5.41, 5.74) is 0.808. The highest BCUT2D eigenvalue weighted by Crippen LogP contribution is 2.16. The van der Waals surface area contributed by atoms with E-state index in [0.717, 1.165) is 5.56 Å². The van der Waals surface area contributed by atoms with Gasteiger partial charge in [0.15, 0.2) is 0 Å². The fourth-order valence-electron chi connectivity index (χ4n) is 1.42.